The van der Waals surface area contributed by atoms with E-state index in [4.69, 9.17) is 0 Å². The van der Waals surface area contributed by atoms with E-state index in [0.29, 0.717) is 5.56 Å². The Kier molecular flexibility index (Phi) is 3.59. The Hall–Kier alpha value is -1.92. The molecule has 0 saturated carbocycles. The van der Waals surface area contributed by atoms with E-state index in [1.54, 1.807) is 30.3 Å². The Labute approximate surface area is 103 Å². The van der Waals surface area contributed by atoms with Crippen molar-refractivity contribution in [3.05, 3.63) is 35.9 Å². The minimum absolute atomic E-state index is 0.0935. The summed E-state index contributed by atoms with van der Waals surface area (Å²) in [7, 11) is 0. The summed E-state index contributed by atoms with van der Waals surface area (Å²) in [6.45, 7) is 0.203. The van der Waals surface area contributed by atoms with Gasteiger partial charge in [-0.25, -0.2) is 9.69 Å². The summed E-state index contributed by atoms with van der Waals surface area (Å²) in [6, 6.07) is 8.29. The molecule has 96 valence electrons. The minimum atomic E-state index is -1.68. The molecular formula is C12H13NO5. The largest absolute Gasteiger partial charge is 0.447 e. The Morgan fingerprint density at radius 1 is 1.28 bits per heavy atom. The molecule has 0 aromatic heterocycles. The van der Waals surface area contributed by atoms with Gasteiger partial charge in [0.1, 0.15) is 12.7 Å². The second-order valence-electron chi connectivity index (χ2n) is 3.90. The molecule has 1 aromatic rings. The van der Waals surface area contributed by atoms with Crippen molar-refractivity contribution < 1.29 is 24.5 Å². The normalized spacial score (nSPS) is 18.3. The summed E-state index contributed by atoms with van der Waals surface area (Å²) >= 11 is 0. The van der Waals surface area contributed by atoms with Gasteiger partial charge in [-0.2, -0.15) is 0 Å². The molecule has 18 heavy (non-hydrogen) atoms. The molecule has 2 rings (SSSR count). The molecule has 1 aliphatic rings. The summed E-state index contributed by atoms with van der Waals surface area (Å²) in [5.41, 5.74) is 0.408. The number of nitrogens with zero attached hydrogens (tertiary/aromatic N) is 1. The molecule has 1 aliphatic heterocycles. The van der Waals surface area contributed by atoms with Crippen LogP contribution in [0.4, 0.5) is 4.79 Å². The molecule has 2 N–H and O–H groups in total. The van der Waals surface area contributed by atoms with Gasteiger partial charge in [-0.15, -0.1) is 0 Å². The fourth-order valence-corrected chi connectivity index (χ4v) is 1.72. The third-order valence-electron chi connectivity index (χ3n) is 2.72. The quantitative estimate of drug-likeness (QED) is 0.793. The fourth-order valence-electron chi connectivity index (χ4n) is 1.72. The zero-order valence-electron chi connectivity index (χ0n) is 9.52. The Bertz CT molecular complexity index is 447. The van der Waals surface area contributed by atoms with Gasteiger partial charge in [0.05, 0.1) is 6.54 Å². The number of amides is 2. The SMILES string of the molecule is O=C1OCCN1C(=O)[C@@H](O)[C@H](O)c1ccccc1. The van der Waals surface area contributed by atoms with Crippen LogP contribution in [0, 0.1) is 0 Å². The average molecular weight is 251 g/mol. The molecule has 6 nitrogen and oxygen atoms in total. The van der Waals surface area contributed by atoms with Gasteiger partial charge in [0.2, 0.25) is 0 Å². The predicted octanol–water partition coefficient (Wildman–Crippen LogP) is 0.0597. The maximum absolute atomic E-state index is 11.8. The number of hydrogen-bond acceptors (Lipinski definition) is 5. The van der Waals surface area contributed by atoms with Gasteiger partial charge in [-0.05, 0) is 5.56 Å². The lowest BCUT2D eigenvalue weighted by Gasteiger charge is -2.20. The molecule has 1 saturated heterocycles. The predicted molar refractivity (Wildman–Crippen MR) is 60.5 cm³/mol. The molecule has 0 aliphatic carbocycles. The van der Waals surface area contributed by atoms with Crippen LogP contribution in [0.2, 0.25) is 0 Å². The summed E-state index contributed by atoms with van der Waals surface area (Å²) in [4.78, 5) is 23.7. The minimum Gasteiger partial charge on any atom is -0.447 e. The number of imide groups is 1. The van der Waals surface area contributed by atoms with Crippen molar-refractivity contribution in [1.82, 2.24) is 4.90 Å². The molecule has 1 heterocycles. The fraction of sp³-hybridized carbons (Fsp3) is 0.333. The zero-order chi connectivity index (χ0) is 13.1. The molecule has 1 fully saturated rings. The van der Waals surface area contributed by atoms with Crippen molar-refractivity contribution in [1.29, 1.82) is 0 Å². The maximum Gasteiger partial charge on any atom is 0.416 e. The Balaban J connectivity index is 2.09. The van der Waals surface area contributed by atoms with Crippen LogP contribution in [0.25, 0.3) is 0 Å². The van der Waals surface area contributed by atoms with Crippen LogP contribution in [-0.2, 0) is 9.53 Å². The second kappa shape index (κ2) is 5.16. The van der Waals surface area contributed by atoms with Gasteiger partial charge in [-0.3, -0.25) is 4.79 Å². The molecule has 0 radical (unpaired) electrons. The van der Waals surface area contributed by atoms with Crippen molar-refractivity contribution >= 4 is 12.0 Å². The highest BCUT2D eigenvalue weighted by atomic mass is 16.6. The van der Waals surface area contributed by atoms with Gasteiger partial charge in [0, 0.05) is 0 Å². The lowest BCUT2D eigenvalue weighted by molar-refractivity contribution is -0.142. The van der Waals surface area contributed by atoms with E-state index in [2.05, 4.69) is 4.74 Å². The molecule has 1 aromatic carbocycles. The van der Waals surface area contributed by atoms with E-state index in [1.807, 2.05) is 0 Å². The van der Waals surface area contributed by atoms with E-state index in [1.165, 1.54) is 0 Å². The summed E-state index contributed by atoms with van der Waals surface area (Å²) in [6.07, 6.45) is -3.84. The highest BCUT2D eigenvalue weighted by molar-refractivity contribution is 5.95. The second-order valence-corrected chi connectivity index (χ2v) is 3.90. The number of carbonyl (C=O) groups excluding carboxylic acids is 2. The van der Waals surface area contributed by atoms with Gasteiger partial charge in [-0.1, -0.05) is 30.3 Å². The Morgan fingerprint density at radius 3 is 2.50 bits per heavy atom. The van der Waals surface area contributed by atoms with Crippen LogP contribution < -0.4 is 0 Å². The topological polar surface area (TPSA) is 87.1 Å². The van der Waals surface area contributed by atoms with Crippen molar-refractivity contribution in [3.63, 3.8) is 0 Å². The Morgan fingerprint density at radius 2 is 1.94 bits per heavy atom. The summed E-state index contributed by atoms with van der Waals surface area (Å²) in [5.74, 6) is -0.853. The van der Waals surface area contributed by atoms with E-state index in [0.717, 1.165) is 4.90 Å². The smallest absolute Gasteiger partial charge is 0.416 e. The van der Waals surface area contributed by atoms with Crippen LogP contribution >= 0.6 is 0 Å². The van der Waals surface area contributed by atoms with Crippen molar-refractivity contribution in [2.75, 3.05) is 13.2 Å². The van der Waals surface area contributed by atoms with Crippen molar-refractivity contribution in [2.24, 2.45) is 0 Å². The molecule has 2 atom stereocenters. The van der Waals surface area contributed by atoms with Crippen LogP contribution in [0.15, 0.2) is 30.3 Å². The van der Waals surface area contributed by atoms with Crippen LogP contribution in [0.5, 0.6) is 0 Å². The van der Waals surface area contributed by atoms with E-state index >= 15 is 0 Å². The molecule has 0 unspecified atom stereocenters. The number of aliphatic hydroxyl groups is 2. The first kappa shape index (κ1) is 12.5. The average Bonchev–Trinajstić information content (AvgIpc) is 2.83. The third kappa shape index (κ3) is 2.34. The highest BCUT2D eigenvalue weighted by Gasteiger charge is 2.36. The lowest BCUT2D eigenvalue weighted by atomic mass is 10.0. The van der Waals surface area contributed by atoms with Gasteiger partial charge < -0.3 is 14.9 Å². The zero-order valence-corrected chi connectivity index (χ0v) is 9.52. The maximum atomic E-state index is 11.8. The standard InChI is InChI=1S/C12H13NO5/c14-9(8-4-2-1-3-5-8)10(15)11(16)13-6-7-18-12(13)17/h1-5,9-10,14-15H,6-7H2/t9-,10+/m1/s1. The monoisotopic (exact) mass is 251 g/mol. The first-order chi connectivity index (χ1) is 8.61. The number of benzene rings is 1. The first-order valence-electron chi connectivity index (χ1n) is 5.50. The number of cyclic esters (lactones) is 1. The van der Waals surface area contributed by atoms with E-state index in [9.17, 15) is 19.8 Å². The van der Waals surface area contributed by atoms with Crippen molar-refractivity contribution in [2.45, 2.75) is 12.2 Å². The van der Waals surface area contributed by atoms with Crippen LogP contribution in [0.3, 0.4) is 0 Å². The number of aliphatic hydroxyl groups excluding tert-OH is 2. The number of hydrogen-bond donors (Lipinski definition) is 2. The van der Waals surface area contributed by atoms with E-state index in [-0.39, 0.29) is 13.2 Å². The molecule has 0 bridgehead atoms. The molecule has 0 spiro atoms. The summed E-state index contributed by atoms with van der Waals surface area (Å²) in [5, 5.41) is 19.6. The number of carbonyl (C=O) groups is 2. The molecule has 2 amide bonds. The number of rotatable bonds is 3. The van der Waals surface area contributed by atoms with Gasteiger partial charge >= 0.3 is 6.09 Å². The highest BCUT2D eigenvalue weighted by Crippen LogP contribution is 2.19. The first-order valence-corrected chi connectivity index (χ1v) is 5.50. The van der Waals surface area contributed by atoms with Gasteiger partial charge in [0.15, 0.2) is 6.10 Å². The lowest BCUT2D eigenvalue weighted by Crippen LogP contribution is -2.42. The van der Waals surface area contributed by atoms with E-state index < -0.39 is 24.2 Å². The third-order valence-corrected chi connectivity index (χ3v) is 2.72. The van der Waals surface area contributed by atoms with Crippen LogP contribution in [0.1, 0.15) is 11.7 Å². The van der Waals surface area contributed by atoms with Gasteiger partial charge in [0.25, 0.3) is 5.91 Å². The molecular weight excluding hydrogens is 238 g/mol. The summed E-state index contributed by atoms with van der Waals surface area (Å²) < 4.78 is 4.60. The number of ether oxygens (including phenoxy) is 1. The molecule has 6 heteroatoms. The van der Waals surface area contributed by atoms with Crippen LogP contribution in [-0.4, -0.2) is 46.4 Å². The van der Waals surface area contributed by atoms with Crippen molar-refractivity contribution in [3.8, 4) is 0 Å².